The van der Waals surface area contributed by atoms with Crippen molar-refractivity contribution in [2.24, 2.45) is 0 Å². The number of hydrogen-bond acceptors (Lipinski definition) is 6. The highest BCUT2D eigenvalue weighted by Gasteiger charge is 2.46. The fraction of sp³-hybridized carbons (Fsp3) is 0.273. The maximum absolute atomic E-state index is 13.5. The summed E-state index contributed by atoms with van der Waals surface area (Å²) in [6, 6.07) is 7.26. The molecule has 0 radical (unpaired) electrons. The molecule has 164 valence electrons. The van der Waals surface area contributed by atoms with E-state index in [2.05, 4.69) is 0 Å². The largest absolute Gasteiger partial charge is 0.507 e. The summed E-state index contributed by atoms with van der Waals surface area (Å²) in [5.41, 5.74) is 0.411. The molecule has 7 nitrogen and oxygen atoms in total. The monoisotopic (exact) mass is 449 g/mol. The number of amides is 1. The van der Waals surface area contributed by atoms with Crippen molar-refractivity contribution in [3.8, 4) is 11.5 Å². The summed E-state index contributed by atoms with van der Waals surface area (Å²) in [5, 5.41) is 11.3. The lowest BCUT2D eigenvalue weighted by Gasteiger charge is -2.25. The number of carbonyl (C=O) groups is 2. The van der Waals surface area contributed by atoms with Crippen LogP contribution in [0.4, 0.5) is 4.39 Å². The van der Waals surface area contributed by atoms with Crippen LogP contribution in [-0.4, -0.2) is 56.2 Å². The Morgan fingerprint density at radius 2 is 1.74 bits per heavy atom. The van der Waals surface area contributed by atoms with E-state index < -0.39 is 29.3 Å². The molecule has 2 aromatic carbocycles. The van der Waals surface area contributed by atoms with Crippen LogP contribution in [0.1, 0.15) is 17.2 Å². The van der Waals surface area contributed by atoms with Crippen molar-refractivity contribution in [1.29, 1.82) is 0 Å². The van der Waals surface area contributed by atoms with E-state index in [1.54, 1.807) is 0 Å². The number of likely N-dealkylation sites (tertiary alicyclic amines) is 1. The maximum Gasteiger partial charge on any atom is 0.295 e. The normalized spacial score (nSPS) is 17.8. The maximum atomic E-state index is 13.5. The van der Waals surface area contributed by atoms with Gasteiger partial charge in [-0.2, -0.15) is 0 Å². The second kappa shape index (κ2) is 9.36. The number of hydrogen-bond donors (Lipinski definition) is 1. The molecule has 1 aliphatic heterocycles. The second-order valence-corrected chi connectivity index (χ2v) is 7.13. The second-order valence-electron chi connectivity index (χ2n) is 6.72. The van der Waals surface area contributed by atoms with Crippen LogP contribution in [-0.2, 0) is 14.3 Å². The van der Waals surface area contributed by atoms with E-state index in [1.165, 1.54) is 62.6 Å². The van der Waals surface area contributed by atoms with Gasteiger partial charge in [-0.05, 0) is 23.8 Å². The summed E-state index contributed by atoms with van der Waals surface area (Å²) in [4.78, 5) is 27.0. The fourth-order valence-corrected chi connectivity index (χ4v) is 3.72. The number of halogens is 2. The number of ketones is 1. The molecular weight excluding hydrogens is 429 g/mol. The molecule has 0 spiro atoms. The predicted octanol–water partition coefficient (Wildman–Crippen LogP) is 3.56. The Kier molecular flexibility index (Phi) is 6.82. The van der Waals surface area contributed by atoms with Crippen molar-refractivity contribution in [3.05, 3.63) is 63.9 Å². The molecular formula is C22H21ClFNO6. The van der Waals surface area contributed by atoms with Crippen LogP contribution >= 0.6 is 11.6 Å². The Morgan fingerprint density at radius 1 is 1.10 bits per heavy atom. The Hall–Kier alpha value is -3.10. The Labute approximate surface area is 183 Å². The summed E-state index contributed by atoms with van der Waals surface area (Å²) in [6.45, 7) is 0.267. The molecule has 31 heavy (non-hydrogen) atoms. The molecule has 9 heteroatoms. The van der Waals surface area contributed by atoms with Gasteiger partial charge in [-0.25, -0.2) is 4.39 Å². The van der Waals surface area contributed by atoms with Gasteiger partial charge < -0.3 is 24.2 Å². The minimum absolute atomic E-state index is 0.0976. The summed E-state index contributed by atoms with van der Waals surface area (Å²) >= 11 is 6.21. The van der Waals surface area contributed by atoms with E-state index in [0.29, 0.717) is 11.3 Å². The highest BCUT2D eigenvalue weighted by atomic mass is 35.5. The number of methoxy groups -OCH3 is 3. The van der Waals surface area contributed by atoms with Crippen LogP contribution in [0.15, 0.2) is 42.0 Å². The number of Topliss-reactive ketones (excluding diaryl/α,β-unsaturated/α-hetero) is 1. The van der Waals surface area contributed by atoms with E-state index in [0.717, 1.165) is 0 Å². The quantitative estimate of drug-likeness (QED) is 0.395. The molecule has 0 bridgehead atoms. The van der Waals surface area contributed by atoms with Crippen LogP contribution in [0, 0.1) is 5.82 Å². The molecule has 2 aromatic rings. The first-order valence-electron chi connectivity index (χ1n) is 9.28. The number of aliphatic hydroxyl groups excluding tert-OH is 1. The van der Waals surface area contributed by atoms with Crippen LogP contribution in [0.25, 0.3) is 5.76 Å². The molecule has 1 N–H and O–H groups in total. The molecule has 1 heterocycles. The van der Waals surface area contributed by atoms with Crippen molar-refractivity contribution in [2.75, 3.05) is 34.5 Å². The van der Waals surface area contributed by atoms with Crippen molar-refractivity contribution in [2.45, 2.75) is 6.04 Å². The first kappa shape index (κ1) is 22.6. The molecule has 1 aliphatic rings. The van der Waals surface area contributed by atoms with Gasteiger partial charge in [0.25, 0.3) is 11.7 Å². The number of ether oxygens (including phenoxy) is 3. The Balaban J connectivity index is 2.23. The lowest BCUT2D eigenvalue weighted by molar-refractivity contribution is -0.140. The first-order valence-corrected chi connectivity index (χ1v) is 9.66. The number of carbonyl (C=O) groups excluding carboxylic acids is 2. The number of benzene rings is 2. The molecule has 0 aromatic heterocycles. The summed E-state index contributed by atoms with van der Waals surface area (Å²) in [5.74, 6) is -2.11. The molecule has 1 amide bonds. The Bertz CT molecular complexity index is 1040. The average Bonchev–Trinajstić information content (AvgIpc) is 3.02. The van der Waals surface area contributed by atoms with Gasteiger partial charge in [0.2, 0.25) is 0 Å². The van der Waals surface area contributed by atoms with E-state index in [4.69, 9.17) is 25.8 Å². The van der Waals surface area contributed by atoms with Gasteiger partial charge in [0, 0.05) is 19.7 Å². The lowest BCUT2D eigenvalue weighted by atomic mass is 9.95. The minimum Gasteiger partial charge on any atom is -0.507 e. The van der Waals surface area contributed by atoms with Gasteiger partial charge in [0.1, 0.15) is 23.1 Å². The first-order chi connectivity index (χ1) is 14.8. The standard InChI is InChI=1S/C22H21ClFNO6/c1-29-9-8-25-19(12-4-6-13(24)7-5-12)18(21(27)22(25)28)20(26)14-10-15(23)17(31-3)11-16(14)30-2/h4-7,10-11,19,26H,8-9H2,1-3H3/b20-18+. The van der Waals surface area contributed by atoms with Crippen LogP contribution < -0.4 is 9.47 Å². The number of aliphatic hydroxyl groups is 1. The highest BCUT2D eigenvalue weighted by Crippen LogP contribution is 2.42. The summed E-state index contributed by atoms with van der Waals surface area (Å²) in [7, 11) is 4.28. The topological polar surface area (TPSA) is 85.3 Å². The molecule has 0 saturated carbocycles. The van der Waals surface area contributed by atoms with Gasteiger partial charge in [-0.15, -0.1) is 0 Å². The van der Waals surface area contributed by atoms with E-state index in [-0.39, 0.29) is 35.1 Å². The van der Waals surface area contributed by atoms with E-state index in [1.807, 2.05) is 0 Å². The summed E-state index contributed by atoms with van der Waals surface area (Å²) < 4.78 is 29.0. The SMILES string of the molecule is COCCN1C(=O)C(=O)/C(=C(/O)c2cc(Cl)c(OC)cc2OC)C1c1ccc(F)cc1. The zero-order chi connectivity index (χ0) is 22.7. The van der Waals surface area contributed by atoms with Gasteiger partial charge >= 0.3 is 0 Å². The molecule has 1 fully saturated rings. The van der Waals surface area contributed by atoms with Gasteiger partial charge in [-0.3, -0.25) is 9.59 Å². The van der Waals surface area contributed by atoms with Crippen molar-refractivity contribution >= 4 is 29.1 Å². The van der Waals surface area contributed by atoms with Crippen molar-refractivity contribution in [3.63, 3.8) is 0 Å². The summed E-state index contributed by atoms with van der Waals surface area (Å²) in [6.07, 6.45) is 0. The zero-order valence-corrected chi connectivity index (χ0v) is 17.9. The van der Waals surface area contributed by atoms with Crippen LogP contribution in [0.3, 0.4) is 0 Å². The molecule has 1 unspecified atom stereocenters. The van der Waals surface area contributed by atoms with Gasteiger partial charge in [0.05, 0.1) is 43.0 Å². The minimum atomic E-state index is -0.943. The number of rotatable bonds is 7. The molecule has 3 rings (SSSR count). The molecule has 1 saturated heterocycles. The van der Waals surface area contributed by atoms with Gasteiger partial charge in [0.15, 0.2) is 0 Å². The number of nitrogens with zero attached hydrogens (tertiary/aromatic N) is 1. The average molecular weight is 450 g/mol. The fourth-order valence-electron chi connectivity index (χ4n) is 3.48. The molecule has 1 atom stereocenters. The van der Waals surface area contributed by atoms with Gasteiger partial charge in [-0.1, -0.05) is 23.7 Å². The van der Waals surface area contributed by atoms with Crippen LogP contribution in [0.5, 0.6) is 11.5 Å². The van der Waals surface area contributed by atoms with Crippen molar-refractivity contribution < 1.29 is 33.3 Å². The highest BCUT2D eigenvalue weighted by molar-refractivity contribution is 6.46. The van der Waals surface area contributed by atoms with Crippen molar-refractivity contribution in [1.82, 2.24) is 4.90 Å². The smallest absolute Gasteiger partial charge is 0.295 e. The van der Waals surface area contributed by atoms with E-state index >= 15 is 0 Å². The third kappa shape index (κ3) is 4.22. The predicted molar refractivity (Wildman–Crippen MR) is 112 cm³/mol. The lowest BCUT2D eigenvalue weighted by Crippen LogP contribution is -2.32. The zero-order valence-electron chi connectivity index (χ0n) is 17.1. The third-order valence-electron chi connectivity index (χ3n) is 4.99. The van der Waals surface area contributed by atoms with E-state index in [9.17, 15) is 19.1 Å². The molecule has 0 aliphatic carbocycles. The third-order valence-corrected chi connectivity index (χ3v) is 5.29. The Morgan fingerprint density at radius 3 is 2.32 bits per heavy atom. The van der Waals surface area contributed by atoms with Crippen LogP contribution in [0.2, 0.25) is 5.02 Å².